The number of aliphatic hydroxyl groups excluding tert-OH is 1. The maximum atomic E-state index is 10.5. The normalized spacial score (nSPS) is 22.3. The predicted molar refractivity (Wildman–Crippen MR) is 71.6 cm³/mol. The molecule has 2 rings (SSSR count). The van der Waals surface area contributed by atoms with Gasteiger partial charge in [0.1, 0.15) is 0 Å². The first kappa shape index (κ1) is 13.5. The van der Waals surface area contributed by atoms with E-state index in [0.29, 0.717) is 6.61 Å². The van der Waals surface area contributed by atoms with E-state index >= 15 is 0 Å². The van der Waals surface area contributed by atoms with Crippen LogP contribution in [0.4, 0.5) is 0 Å². The molecule has 1 heterocycles. The van der Waals surface area contributed by atoms with Crippen LogP contribution in [0, 0.1) is 0 Å². The van der Waals surface area contributed by atoms with Gasteiger partial charge in [-0.25, -0.2) is 0 Å². The molecule has 0 aromatic carbocycles. The topological polar surface area (TPSA) is 42.4 Å². The molecule has 0 saturated heterocycles. The number of aromatic nitrogens is 1. The summed E-state index contributed by atoms with van der Waals surface area (Å²) in [7, 11) is 0. The molecule has 0 saturated carbocycles. The van der Waals surface area contributed by atoms with Crippen LogP contribution in [0.1, 0.15) is 50.3 Å². The van der Waals surface area contributed by atoms with Gasteiger partial charge in [0.05, 0.1) is 12.2 Å². The van der Waals surface area contributed by atoms with Crippen LogP contribution in [0.5, 0.6) is 0 Å². The van der Waals surface area contributed by atoms with Crippen molar-refractivity contribution < 1.29 is 9.84 Å². The van der Waals surface area contributed by atoms with Crippen molar-refractivity contribution in [3.8, 4) is 0 Å². The van der Waals surface area contributed by atoms with Crippen LogP contribution in [0.25, 0.3) is 0 Å². The minimum atomic E-state index is -0.441. The number of pyridine rings is 1. The van der Waals surface area contributed by atoms with E-state index in [-0.39, 0.29) is 12.0 Å². The predicted octanol–water partition coefficient (Wildman–Crippen LogP) is 2.68. The molecule has 0 amide bonds. The molecule has 1 N–H and O–H groups in total. The molecular formula is C15H23NO2. The first-order chi connectivity index (χ1) is 8.77. The highest BCUT2D eigenvalue weighted by molar-refractivity contribution is 5.27. The standard InChI is InChI=1S/C15H23NO2/c1-3-13(18-4-2)15(17)12-9-5-7-11-8-6-10-16-14(11)12/h6,8,10,12-13,15,17H,3-5,7,9H2,1-2H3. The van der Waals surface area contributed by atoms with Crippen molar-refractivity contribution in [3.63, 3.8) is 0 Å². The van der Waals surface area contributed by atoms with Gasteiger partial charge in [0.15, 0.2) is 0 Å². The van der Waals surface area contributed by atoms with Gasteiger partial charge in [0, 0.05) is 24.4 Å². The third-order valence-corrected chi connectivity index (χ3v) is 3.81. The summed E-state index contributed by atoms with van der Waals surface area (Å²) in [4.78, 5) is 4.48. The third kappa shape index (κ3) is 2.73. The molecule has 0 fully saturated rings. The molecule has 1 aliphatic carbocycles. The minimum absolute atomic E-state index is 0.0760. The van der Waals surface area contributed by atoms with Gasteiger partial charge in [-0.2, -0.15) is 0 Å². The van der Waals surface area contributed by atoms with Crippen molar-refractivity contribution in [3.05, 3.63) is 29.6 Å². The molecule has 0 aliphatic heterocycles. The number of ether oxygens (including phenoxy) is 1. The van der Waals surface area contributed by atoms with Gasteiger partial charge >= 0.3 is 0 Å². The van der Waals surface area contributed by atoms with Crippen molar-refractivity contribution in [1.82, 2.24) is 4.98 Å². The molecule has 0 radical (unpaired) electrons. The largest absolute Gasteiger partial charge is 0.390 e. The molecule has 3 heteroatoms. The molecule has 0 bridgehead atoms. The second-order valence-electron chi connectivity index (χ2n) is 4.94. The average molecular weight is 249 g/mol. The fourth-order valence-electron chi connectivity index (χ4n) is 2.91. The van der Waals surface area contributed by atoms with Gasteiger partial charge < -0.3 is 9.84 Å². The Bertz CT molecular complexity index is 381. The van der Waals surface area contributed by atoms with E-state index in [2.05, 4.69) is 18.0 Å². The van der Waals surface area contributed by atoms with E-state index in [4.69, 9.17) is 4.74 Å². The molecule has 0 spiro atoms. The zero-order valence-electron chi connectivity index (χ0n) is 11.3. The van der Waals surface area contributed by atoms with E-state index < -0.39 is 6.10 Å². The van der Waals surface area contributed by atoms with Gasteiger partial charge in [0.2, 0.25) is 0 Å². The van der Waals surface area contributed by atoms with Crippen molar-refractivity contribution in [2.75, 3.05) is 6.61 Å². The molecular weight excluding hydrogens is 226 g/mol. The average Bonchev–Trinajstić information content (AvgIpc) is 2.43. The second-order valence-corrected chi connectivity index (χ2v) is 4.94. The number of hydrogen-bond donors (Lipinski definition) is 1. The first-order valence-corrected chi connectivity index (χ1v) is 7.01. The highest BCUT2D eigenvalue weighted by atomic mass is 16.5. The van der Waals surface area contributed by atoms with E-state index in [1.807, 2.05) is 19.2 Å². The Morgan fingerprint density at radius 2 is 2.33 bits per heavy atom. The fraction of sp³-hybridized carbons (Fsp3) is 0.667. The monoisotopic (exact) mass is 249 g/mol. The summed E-state index contributed by atoms with van der Waals surface area (Å²) >= 11 is 0. The molecule has 3 atom stereocenters. The second kappa shape index (κ2) is 6.30. The van der Waals surface area contributed by atoms with Gasteiger partial charge in [-0.05, 0) is 44.2 Å². The van der Waals surface area contributed by atoms with Crippen LogP contribution in [0.2, 0.25) is 0 Å². The van der Waals surface area contributed by atoms with Gasteiger partial charge in [0.25, 0.3) is 0 Å². The molecule has 1 aromatic rings. The van der Waals surface area contributed by atoms with Crippen molar-refractivity contribution in [2.24, 2.45) is 0 Å². The SMILES string of the molecule is CCOC(CC)C(O)C1CCCc2cccnc21. The fourth-order valence-corrected chi connectivity index (χ4v) is 2.91. The lowest BCUT2D eigenvalue weighted by Crippen LogP contribution is -2.36. The summed E-state index contributed by atoms with van der Waals surface area (Å²) in [5.41, 5.74) is 2.37. The first-order valence-electron chi connectivity index (χ1n) is 7.01. The van der Waals surface area contributed by atoms with Crippen LogP contribution >= 0.6 is 0 Å². The third-order valence-electron chi connectivity index (χ3n) is 3.81. The quantitative estimate of drug-likeness (QED) is 0.872. The van der Waals surface area contributed by atoms with Crippen molar-refractivity contribution >= 4 is 0 Å². The number of aliphatic hydroxyl groups is 1. The maximum absolute atomic E-state index is 10.5. The summed E-state index contributed by atoms with van der Waals surface area (Å²) < 4.78 is 5.64. The van der Waals surface area contributed by atoms with Crippen LogP contribution in [-0.2, 0) is 11.2 Å². The summed E-state index contributed by atoms with van der Waals surface area (Å²) in [6.45, 7) is 4.69. The highest BCUT2D eigenvalue weighted by Crippen LogP contribution is 2.34. The molecule has 18 heavy (non-hydrogen) atoms. The van der Waals surface area contributed by atoms with Crippen LogP contribution in [0.3, 0.4) is 0 Å². The van der Waals surface area contributed by atoms with E-state index in [1.54, 1.807) is 0 Å². The Kier molecular flexibility index (Phi) is 4.72. The lowest BCUT2D eigenvalue weighted by molar-refractivity contribution is -0.0483. The molecule has 100 valence electrons. The van der Waals surface area contributed by atoms with Crippen LogP contribution in [0.15, 0.2) is 18.3 Å². The lowest BCUT2D eigenvalue weighted by atomic mass is 9.81. The minimum Gasteiger partial charge on any atom is -0.390 e. The zero-order valence-corrected chi connectivity index (χ0v) is 11.3. The number of aryl methyl sites for hydroxylation is 1. The number of rotatable bonds is 5. The van der Waals surface area contributed by atoms with Crippen LogP contribution < -0.4 is 0 Å². The van der Waals surface area contributed by atoms with E-state index in [0.717, 1.165) is 31.4 Å². The number of nitrogens with zero attached hydrogens (tertiary/aromatic N) is 1. The highest BCUT2D eigenvalue weighted by Gasteiger charge is 2.32. The molecule has 1 aromatic heterocycles. The summed E-state index contributed by atoms with van der Waals surface area (Å²) in [6, 6.07) is 4.11. The Morgan fingerprint density at radius 1 is 1.50 bits per heavy atom. The lowest BCUT2D eigenvalue weighted by Gasteiger charge is -2.32. The molecule has 3 unspecified atom stereocenters. The Morgan fingerprint density at radius 3 is 3.06 bits per heavy atom. The smallest absolute Gasteiger partial charge is 0.0885 e. The summed E-state index contributed by atoms with van der Waals surface area (Å²) in [5, 5.41) is 10.5. The van der Waals surface area contributed by atoms with Gasteiger partial charge in [-0.15, -0.1) is 0 Å². The van der Waals surface area contributed by atoms with Crippen molar-refractivity contribution in [2.45, 2.75) is 57.7 Å². The Balaban J connectivity index is 2.18. The molecule has 1 aliphatic rings. The van der Waals surface area contributed by atoms with E-state index in [1.165, 1.54) is 5.56 Å². The van der Waals surface area contributed by atoms with Crippen LogP contribution in [-0.4, -0.2) is 28.9 Å². The maximum Gasteiger partial charge on any atom is 0.0885 e. The zero-order chi connectivity index (χ0) is 13.0. The number of hydrogen-bond acceptors (Lipinski definition) is 3. The Labute approximate surface area is 109 Å². The summed E-state index contributed by atoms with van der Waals surface area (Å²) in [5.74, 6) is 0.131. The summed E-state index contributed by atoms with van der Waals surface area (Å²) in [6.07, 6.45) is 5.37. The molecule has 3 nitrogen and oxygen atoms in total. The van der Waals surface area contributed by atoms with Gasteiger partial charge in [-0.1, -0.05) is 13.0 Å². The Hall–Kier alpha value is -0.930. The number of fused-ring (bicyclic) bond motifs is 1. The van der Waals surface area contributed by atoms with E-state index in [9.17, 15) is 5.11 Å². The van der Waals surface area contributed by atoms with Crippen molar-refractivity contribution in [1.29, 1.82) is 0 Å². The van der Waals surface area contributed by atoms with Gasteiger partial charge in [-0.3, -0.25) is 4.98 Å².